The van der Waals surface area contributed by atoms with Crippen LogP contribution in [0.3, 0.4) is 0 Å². The minimum Gasteiger partial charge on any atom is -0.494 e. The molecular weight excluding hydrogens is 188 g/mol. The molecule has 0 unspecified atom stereocenters. The third kappa shape index (κ3) is 1.31. The Hall–Kier alpha value is -1.35. The number of hydrogen-bond donors (Lipinski definition) is 0. The lowest BCUT2D eigenvalue weighted by Crippen LogP contribution is -1.90. The SMILES string of the molecule is COc1cnnc2cccc(Cl)c12. The molecule has 2 rings (SSSR count). The van der Waals surface area contributed by atoms with E-state index in [1.807, 2.05) is 12.1 Å². The molecule has 0 radical (unpaired) electrons. The quantitative estimate of drug-likeness (QED) is 0.699. The van der Waals surface area contributed by atoms with Gasteiger partial charge in [0.15, 0.2) is 0 Å². The molecule has 0 spiro atoms. The largest absolute Gasteiger partial charge is 0.494 e. The normalized spacial score (nSPS) is 10.3. The number of ether oxygens (including phenoxy) is 1. The first-order valence-corrected chi connectivity index (χ1v) is 4.14. The van der Waals surface area contributed by atoms with Crippen molar-refractivity contribution in [2.24, 2.45) is 0 Å². The van der Waals surface area contributed by atoms with Crippen molar-refractivity contribution in [2.75, 3.05) is 7.11 Å². The van der Waals surface area contributed by atoms with E-state index in [0.29, 0.717) is 10.8 Å². The molecule has 0 saturated heterocycles. The Bertz CT molecular complexity index is 439. The fourth-order valence-electron chi connectivity index (χ4n) is 1.20. The highest BCUT2D eigenvalue weighted by Crippen LogP contribution is 2.29. The van der Waals surface area contributed by atoms with Crippen molar-refractivity contribution in [3.63, 3.8) is 0 Å². The molecule has 4 heteroatoms. The van der Waals surface area contributed by atoms with Gasteiger partial charge in [0.25, 0.3) is 0 Å². The van der Waals surface area contributed by atoms with Crippen molar-refractivity contribution in [3.05, 3.63) is 29.4 Å². The second-order valence-corrected chi connectivity index (χ2v) is 2.95. The van der Waals surface area contributed by atoms with Crippen LogP contribution in [0.1, 0.15) is 0 Å². The zero-order chi connectivity index (χ0) is 9.26. The minimum absolute atomic E-state index is 0.629. The molecule has 0 amide bonds. The van der Waals surface area contributed by atoms with Gasteiger partial charge in [-0.05, 0) is 12.1 Å². The summed E-state index contributed by atoms with van der Waals surface area (Å²) in [6, 6.07) is 5.48. The Labute approximate surface area is 80.3 Å². The van der Waals surface area contributed by atoms with Gasteiger partial charge in [0, 0.05) is 0 Å². The summed E-state index contributed by atoms with van der Waals surface area (Å²) >= 11 is 5.99. The maximum atomic E-state index is 5.99. The van der Waals surface area contributed by atoms with Gasteiger partial charge in [-0.15, -0.1) is 0 Å². The average Bonchev–Trinajstić information content (AvgIpc) is 2.17. The van der Waals surface area contributed by atoms with Crippen LogP contribution < -0.4 is 4.74 Å². The lowest BCUT2D eigenvalue weighted by atomic mass is 10.2. The second-order valence-electron chi connectivity index (χ2n) is 2.55. The fraction of sp³-hybridized carbons (Fsp3) is 0.111. The van der Waals surface area contributed by atoms with Crippen molar-refractivity contribution in [1.29, 1.82) is 0 Å². The van der Waals surface area contributed by atoms with Crippen molar-refractivity contribution in [1.82, 2.24) is 10.2 Å². The molecule has 0 N–H and O–H groups in total. The van der Waals surface area contributed by atoms with Crippen LogP contribution in [0.15, 0.2) is 24.4 Å². The smallest absolute Gasteiger partial charge is 0.149 e. The highest BCUT2D eigenvalue weighted by Gasteiger charge is 2.05. The van der Waals surface area contributed by atoms with Crippen LogP contribution >= 0.6 is 11.6 Å². The van der Waals surface area contributed by atoms with E-state index in [9.17, 15) is 0 Å². The van der Waals surface area contributed by atoms with Crippen molar-refractivity contribution in [2.45, 2.75) is 0 Å². The number of rotatable bonds is 1. The predicted molar refractivity (Wildman–Crippen MR) is 51.1 cm³/mol. The summed E-state index contributed by atoms with van der Waals surface area (Å²) in [5.74, 6) is 0.649. The average molecular weight is 195 g/mol. The van der Waals surface area contributed by atoms with Gasteiger partial charge in [-0.3, -0.25) is 0 Å². The standard InChI is InChI=1S/C9H7ClN2O/c1-13-8-5-11-12-7-4-2-3-6(10)9(7)8/h2-5H,1H3. The molecule has 0 bridgehead atoms. The van der Waals surface area contributed by atoms with E-state index >= 15 is 0 Å². The second kappa shape index (κ2) is 3.18. The summed E-state index contributed by atoms with van der Waals surface area (Å²) < 4.78 is 5.12. The van der Waals surface area contributed by atoms with Gasteiger partial charge in [-0.1, -0.05) is 17.7 Å². The predicted octanol–water partition coefficient (Wildman–Crippen LogP) is 2.29. The van der Waals surface area contributed by atoms with Crippen LogP contribution in [0.2, 0.25) is 5.02 Å². The first-order chi connectivity index (χ1) is 6.33. The monoisotopic (exact) mass is 194 g/mol. The summed E-state index contributed by atoms with van der Waals surface area (Å²) in [6.07, 6.45) is 1.55. The topological polar surface area (TPSA) is 35.0 Å². The first-order valence-electron chi connectivity index (χ1n) is 3.77. The molecule has 0 atom stereocenters. The van der Waals surface area contributed by atoms with Crippen LogP contribution in [0.5, 0.6) is 5.75 Å². The summed E-state index contributed by atoms with van der Waals surface area (Å²) in [5.41, 5.74) is 0.742. The molecule has 2 aromatic rings. The molecule has 66 valence electrons. The van der Waals surface area contributed by atoms with E-state index in [2.05, 4.69) is 10.2 Å². The molecule has 1 aromatic heterocycles. The molecule has 0 aliphatic carbocycles. The third-order valence-corrected chi connectivity index (χ3v) is 2.11. The van der Waals surface area contributed by atoms with Gasteiger partial charge < -0.3 is 4.74 Å². The Morgan fingerprint density at radius 1 is 1.38 bits per heavy atom. The van der Waals surface area contributed by atoms with E-state index in [1.165, 1.54) is 0 Å². The lowest BCUT2D eigenvalue weighted by molar-refractivity contribution is 0.417. The molecule has 1 aromatic carbocycles. The summed E-state index contributed by atoms with van der Waals surface area (Å²) in [4.78, 5) is 0. The Balaban J connectivity index is 2.87. The number of nitrogens with zero attached hydrogens (tertiary/aromatic N) is 2. The first kappa shape index (κ1) is 8.26. The van der Waals surface area contributed by atoms with Crippen molar-refractivity contribution in [3.8, 4) is 5.75 Å². The van der Waals surface area contributed by atoms with Crippen LogP contribution in [0, 0.1) is 0 Å². The van der Waals surface area contributed by atoms with Gasteiger partial charge in [-0.2, -0.15) is 10.2 Å². The summed E-state index contributed by atoms with van der Waals surface area (Å²) in [6.45, 7) is 0. The highest BCUT2D eigenvalue weighted by molar-refractivity contribution is 6.35. The molecule has 1 heterocycles. The van der Waals surface area contributed by atoms with Gasteiger partial charge in [0.1, 0.15) is 5.75 Å². The number of methoxy groups -OCH3 is 1. The summed E-state index contributed by atoms with van der Waals surface area (Å²) in [5, 5.41) is 9.16. The van der Waals surface area contributed by atoms with Gasteiger partial charge >= 0.3 is 0 Å². The van der Waals surface area contributed by atoms with Crippen LogP contribution in [-0.4, -0.2) is 17.3 Å². The van der Waals surface area contributed by atoms with Crippen LogP contribution in [0.4, 0.5) is 0 Å². The van der Waals surface area contributed by atoms with Gasteiger partial charge in [-0.25, -0.2) is 0 Å². The molecule has 3 nitrogen and oxygen atoms in total. The fourth-order valence-corrected chi connectivity index (χ4v) is 1.47. The third-order valence-electron chi connectivity index (χ3n) is 1.80. The lowest BCUT2D eigenvalue weighted by Gasteiger charge is -2.03. The van der Waals surface area contributed by atoms with Crippen LogP contribution in [-0.2, 0) is 0 Å². The highest BCUT2D eigenvalue weighted by atomic mass is 35.5. The van der Waals surface area contributed by atoms with Crippen molar-refractivity contribution < 1.29 is 4.74 Å². The van der Waals surface area contributed by atoms with E-state index in [0.717, 1.165) is 10.9 Å². The molecule has 0 saturated carbocycles. The number of fused-ring (bicyclic) bond motifs is 1. The molecule has 0 fully saturated rings. The van der Waals surface area contributed by atoms with E-state index in [4.69, 9.17) is 16.3 Å². The number of benzene rings is 1. The Morgan fingerprint density at radius 2 is 2.23 bits per heavy atom. The van der Waals surface area contributed by atoms with Gasteiger partial charge in [0.2, 0.25) is 0 Å². The molecular formula is C9H7ClN2O. The van der Waals surface area contributed by atoms with E-state index in [1.54, 1.807) is 19.4 Å². The Morgan fingerprint density at radius 3 is 3.00 bits per heavy atom. The Kier molecular flexibility index (Phi) is 2.02. The molecule has 0 aliphatic rings. The molecule has 0 aliphatic heterocycles. The zero-order valence-electron chi connectivity index (χ0n) is 6.99. The van der Waals surface area contributed by atoms with E-state index in [-0.39, 0.29) is 0 Å². The number of halogens is 1. The van der Waals surface area contributed by atoms with Gasteiger partial charge in [0.05, 0.1) is 29.2 Å². The number of hydrogen-bond acceptors (Lipinski definition) is 3. The molecule has 13 heavy (non-hydrogen) atoms. The number of aromatic nitrogens is 2. The maximum absolute atomic E-state index is 5.99. The zero-order valence-corrected chi connectivity index (χ0v) is 7.75. The summed E-state index contributed by atoms with van der Waals surface area (Å²) in [7, 11) is 1.58. The van der Waals surface area contributed by atoms with Crippen molar-refractivity contribution >= 4 is 22.5 Å². The van der Waals surface area contributed by atoms with Crippen LogP contribution in [0.25, 0.3) is 10.9 Å². The minimum atomic E-state index is 0.629. The maximum Gasteiger partial charge on any atom is 0.149 e. The van der Waals surface area contributed by atoms with E-state index < -0.39 is 0 Å².